The van der Waals surface area contributed by atoms with Gasteiger partial charge in [0.05, 0.1) is 0 Å². The highest BCUT2D eigenvalue weighted by atomic mass is 15.1. The zero-order valence-corrected chi connectivity index (χ0v) is 4.26. The van der Waals surface area contributed by atoms with Crippen LogP contribution in [-0.2, 0) is 0 Å². The second-order valence-corrected chi connectivity index (χ2v) is 1.46. The van der Waals surface area contributed by atoms with Crippen molar-refractivity contribution in [3.63, 3.8) is 0 Å². The lowest BCUT2D eigenvalue weighted by Crippen LogP contribution is -2.09. The molecule has 0 aromatic carbocycles. The third-order valence-electron chi connectivity index (χ3n) is 0.812. The van der Waals surface area contributed by atoms with Crippen LogP contribution in [0.1, 0.15) is 0 Å². The van der Waals surface area contributed by atoms with Crippen molar-refractivity contribution in [2.75, 3.05) is 7.05 Å². The van der Waals surface area contributed by atoms with Crippen molar-refractivity contribution in [3.05, 3.63) is 24.8 Å². The van der Waals surface area contributed by atoms with Crippen LogP contribution in [0.2, 0.25) is 0 Å². The molecule has 0 atom stereocenters. The van der Waals surface area contributed by atoms with Crippen LogP contribution in [0.4, 0.5) is 0 Å². The van der Waals surface area contributed by atoms with Crippen molar-refractivity contribution in [1.82, 2.24) is 10.2 Å². The van der Waals surface area contributed by atoms with E-state index in [9.17, 15) is 0 Å². The van der Waals surface area contributed by atoms with Crippen LogP contribution < -0.4 is 5.32 Å². The van der Waals surface area contributed by atoms with Crippen molar-refractivity contribution in [2.24, 2.45) is 0 Å². The molecule has 2 heteroatoms. The third-order valence-corrected chi connectivity index (χ3v) is 0.812. The van der Waals surface area contributed by atoms with Gasteiger partial charge in [-0.25, -0.2) is 0 Å². The second-order valence-electron chi connectivity index (χ2n) is 1.46. The predicted molar refractivity (Wildman–Crippen MR) is 29.2 cm³/mol. The molecule has 0 fully saturated rings. The summed E-state index contributed by atoms with van der Waals surface area (Å²) in [6, 6.07) is 0. The Bertz CT molecular complexity index is 92.6. The highest BCUT2D eigenvalue weighted by Crippen LogP contribution is 1.87. The van der Waals surface area contributed by atoms with Crippen molar-refractivity contribution in [3.8, 4) is 0 Å². The van der Waals surface area contributed by atoms with Gasteiger partial charge in [-0.1, -0.05) is 0 Å². The average molecular weight is 96.1 g/mol. The van der Waals surface area contributed by atoms with Crippen LogP contribution in [0, 0.1) is 0 Å². The summed E-state index contributed by atoms with van der Waals surface area (Å²) in [5.74, 6) is 0. The monoisotopic (exact) mass is 96.1 g/mol. The van der Waals surface area contributed by atoms with Crippen LogP contribution in [0.25, 0.3) is 0 Å². The Morgan fingerprint density at radius 3 is 2.14 bits per heavy atom. The van der Waals surface area contributed by atoms with Crippen LogP contribution >= 0.6 is 0 Å². The first-order valence-corrected chi connectivity index (χ1v) is 2.21. The van der Waals surface area contributed by atoms with E-state index in [-0.39, 0.29) is 0 Å². The van der Waals surface area contributed by atoms with Gasteiger partial charge in [0.15, 0.2) is 0 Å². The Kier molecular flexibility index (Phi) is 1.02. The molecule has 1 rings (SSSR count). The molecule has 1 aliphatic rings. The summed E-state index contributed by atoms with van der Waals surface area (Å²) in [7, 11) is 1.98. The minimum Gasteiger partial charge on any atom is -0.365 e. The van der Waals surface area contributed by atoms with Crippen molar-refractivity contribution >= 4 is 0 Å². The molecule has 7 heavy (non-hydrogen) atoms. The summed E-state index contributed by atoms with van der Waals surface area (Å²) in [4.78, 5) is 1.97. The van der Waals surface area contributed by atoms with Gasteiger partial charge in [-0.2, -0.15) is 0 Å². The molecule has 0 unspecified atom stereocenters. The maximum atomic E-state index is 2.91. The molecule has 0 amide bonds. The first-order chi connectivity index (χ1) is 3.39. The fraction of sp³-hybridized carbons (Fsp3) is 0.200. The molecule has 0 radical (unpaired) electrons. The number of hydrogen-bond donors (Lipinski definition) is 1. The van der Waals surface area contributed by atoms with Crippen molar-refractivity contribution in [2.45, 2.75) is 0 Å². The number of nitrogens with zero attached hydrogens (tertiary/aromatic N) is 1. The smallest absolute Gasteiger partial charge is 0.0192 e. The third kappa shape index (κ3) is 0.961. The highest BCUT2D eigenvalue weighted by Gasteiger charge is 1.82. The summed E-state index contributed by atoms with van der Waals surface area (Å²) in [5.41, 5.74) is 0. The number of rotatable bonds is 0. The SMILES string of the molecule is CN1C=CNC=C1. The molecular weight excluding hydrogens is 88.1 g/mol. The van der Waals surface area contributed by atoms with E-state index in [1.807, 2.05) is 36.7 Å². The summed E-state index contributed by atoms with van der Waals surface area (Å²) >= 11 is 0. The van der Waals surface area contributed by atoms with Crippen molar-refractivity contribution in [1.29, 1.82) is 0 Å². The summed E-state index contributed by atoms with van der Waals surface area (Å²) in [5, 5.41) is 2.91. The van der Waals surface area contributed by atoms with Gasteiger partial charge in [-0.15, -0.1) is 0 Å². The predicted octanol–water partition coefficient (Wildman–Crippen LogP) is 0.464. The number of hydrogen-bond acceptors (Lipinski definition) is 2. The van der Waals surface area contributed by atoms with Gasteiger partial charge in [-0.3, -0.25) is 0 Å². The second kappa shape index (κ2) is 1.69. The molecule has 0 saturated heterocycles. The molecule has 38 valence electrons. The first-order valence-electron chi connectivity index (χ1n) is 2.21. The topological polar surface area (TPSA) is 15.3 Å². The zero-order valence-electron chi connectivity index (χ0n) is 4.26. The largest absolute Gasteiger partial charge is 0.365 e. The van der Waals surface area contributed by atoms with Gasteiger partial charge in [0.1, 0.15) is 0 Å². The molecule has 0 aromatic heterocycles. The highest BCUT2D eigenvalue weighted by molar-refractivity contribution is 4.96. The van der Waals surface area contributed by atoms with Gasteiger partial charge in [0.2, 0.25) is 0 Å². The minimum absolute atomic E-state index is 1.88. The maximum Gasteiger partial charge on any atom is 0.0192 e. The molecule has 1 aliphatic heterocycles. The molecule has 0 aromatic rings. The van der Waals surface area contributed by atoms with E-state index in [1.54, 1.807) is 0 Å². The quantitative estimate of drug-likeness (QED) is 0.471. The lowest BCUT2D eigenvalue weighted by Gasteiger charge is -2.09. The van der Waals surface area contributed by atoms with E-state index in [1.165, 1.54) is 0 Å². The Balaban J connectivity index is 2.49. The summed E-state index contributed by atoms with van der Waals surface area (Å²) in [6.07, 6.45) is 7.64. The normalized spacial score (nSPS) is 17.0. The summed E-state index contributed by atoms with van der Waals surface area (Å²) < 4.78 is 0. The van der Waals surface area contributed by atoms with E-state index < -0.39 is 0 Å². The van der Waals surface area contributed by atoms with E-state index >= 15 is 0 Å². The minimum atomic E-state index is 1.88. The molecule has 1 N–H and O–H groups in total. The van der Waals surface area contributed by atoms with Gasteiger partial charge in [0.25, 0.3) is 0 Å². The van der Waals surface area contributed by atoms with Gasteiger partial charge < -0.3 is 10.2 Å². The Morgan fingerprint density at radius 2 is 1.86 bits per heavy atom. The zero-order chi connectivity index (χ0) is 5.11. The lowest BCUT2D eigenvalue weighted by atomic mass is 10.6. The molecule has 0 saturated carbocycles. The lowest BCUT2D eigenvalue weighted by molar-refractivity contribution is 0.606. The van der Waals surface area contributed by atoms with E-state index in [2.05, 4.69) is 5.32 Å². The Labute approximate surface area is 43.1 Å². The molecule has 2 nitrogen and oxygen atoms in total. The van der Waals surface area contributed by atoms with Crippen LogP contribution in [0.5, 0.6) is 0 Å². The standard InChI is InChI=1S/C5H8N2/c1-7-4-2-6-3-5-7/h2-6H,1H3. The van der Waals surface area contributed by atoms with Gasteiger partial charge in [-0.05, 0) is 0 Å². The van der Waals surface area contributed by atoms with E-state index in [0.29, 0.717) is 0 Å². The molecule has 0 bridgehead atoms. The van der Waals surface area contributed by atoms with Gasteiger partial charge >= 0.3 is 0 Å². The van der Waals surface area contributed by atoms with Crippen LogP contribution in [0.15, 0.2) is 24.8 Å². The molecule has 0 spiro atoms. The summed E-state index contributed by atoms with van der Waals surface area (Å²) in [6.45, 7) is 0. The fourth-order valence-corrected chi connectivity index (χ4v) is 0.426. The first kappa shape index (κ1) is 4.24. The van der Waals surface area contributed by atoms with E-state index in [4.69, 9.17) is 0 Å². The average Bonchev–Trinajstić information content (AvgIpc) is 1.69. The van der Waals surface area contributed by atoms with Crippen molar-refractivity contribution < 1.29 is 0 Å². The molecule has 0 aliphatic carbocycles. The molecule has 1 heterocycles. The Hall–Kier alpha value is -0.920. The Morgan fingerprint density at radius 1 is 1.29 bits per heavy atom. The maximum absolute atomic E-state index is 2.91. The number of nitrogens with one attached hydrogen (secondary N) is 1. The fourth-order valence-electron chi connectivity index (χ4n) is 0.426. The van der Waals surface area contributed by atoms with E-state index in [0.717, 1.165) is 0 Å². The molecular formula is C5H8N2. The van der Waals surface area contributed by atoms with Crippen LogP contribution in [0.3, 0.4) is 0 Å². The van der Waals surface area contributed by atoms with Crippen LogP contribution in [-0.4, -0.2) is 11.9 Å². The van der Waals surface area contributed by atoms with Gasteiger partial charge in [0, 0.05) is 31.8 Å².